The highest BCUT2D eigenvalue weighted by atomic mass is 35.5. The standard InChI is InChI=1S/C48H36Cl4N2O8S/c1-61-37-9-5-3-7-31(37)35-23-39(45(51)43(49)33(35)19-21-41(55)53-25-27-11-15-29(16-12-27)47(57)58)63-40-24-36(32-8-4-6-10-38(32)62-2)34(44(50)46(40)52)20-22-42(56)54-26-28-13-17-30(18-14-28)48(59)60/h3-24H,25-26H2,1-2H3,(H,53,55)(H,54,56)(H,57,58)(H,59,60)/b21-19+,22-20+. The molecule has 0 heterocycles. The molecule has 0 fully saturated rings. The van der Waals surface area contributed by atoms with Crippen LogP contribution in [0, 0.1) is 0 Å². The third-order valence-electron chi connectivity index (χ3n) is 9.57. The van der Waals surface area contributed by atoms with Crippen LogP contribution >= 0.6 is 58.2 Å². The lowest BCUT2D eigenvalue weighted by Gasteiger charge is -2.19. The van der Waals surface area contributed by atoms with Crippen molar-refractivity contribution >= 4 is 94.1 Å². The van der Waals surface area contributed by atoms with E-state index in [-0.39, 0.29) is 44.3 Å². The van der Waals surface area contributed by atoms with Gasteiger partial charge in [0.05, 0.1) is 45.4 Å². The molecule has 6 aromatic carbocycles. The van der Waals surface area contributed by atoms with E-state index in [1.54, 1.807) is 62.8 Å². The van der Waals surface area contributed by atoms with Crippen LogP contribution in [0.15, 0.2) is 131 Å². The second kappa shape index (κ2) is 21.2. The van der Waals surface area contributed by atoms with Crippen molar-refractivity contribution in [2.24, 2.45) is 0 Å². The first kappa shape index (κ1) is 46.3. The monoisotopic (exact) mass is 940 g/mol. The number of carboxylic acid groups (broad SMARTS) is 2. The Morgan fingerprint density at radius 1 is 0.540 bits per heavy atom. The number of nitrogens with one attached hydrogen (secondary N) is 2. The van der Waals surface area contributed by atoms with Gasteiger partial charge in [0.15, 0.2) is 0 Å². The highest BCUT2D eigenvalue weighted by Gasteiger charge is 2.23. The van der Waals surface area contributed by atoms with Gasteiger partial charge in [-0.1, -0.05) is 119 Å². The van der Waals surface area contributed by atoms with Gasteiger partial charge in [-0.3, -0.25) is 9.59 Å². The number of amides is 2. The van der Waals surface area contributed by atoms with Crippen molar-refractivity contribution in [3.63, 3.8) is 0 Å². The van der Waals surface area contributed by atoms with Crippen LogP contribution in [-0.2, 0) is 22.7 Å². The van der Waals surface area contributed by atoms with E-state index < -0.39 is 23.8 Å². The normalized spacial score (nSPS) is 11.1. The topological polar surface area (TPSA) is 151 Å². The van der Waals surface area contributed by atoms with Crippen LogP contribution in [0.2, 0.25) is 20.1 Å². The highest BCUT2D eigenvalue weighted by Crippen LogP contribution is 2.50. The maximum absolute atomic E-state index is 13.1. The molecule has 0 aliphatic heterocycles. The largest absolute Gasteiger partial charge is 0.496 e. The number of aromatic carboxylic acids is 2. The maximum Gasteiger partial charge on any atom is 0.335 e. The summed E-state index contributed by atoms with van der Waals surface area (Å²) < 4.78 is 11.4. The molecular weight excluding hydrogens is 906 g/mol. The number of methoxy groups -OCH3 is 2. The highest BCUT2D eigenvalue weighted by molar-refractivity contribution is 7.99. The van der Waals surface area contributed by atoms with Crippen LogP contribution in [0.4, 0.5) is 0 Å². The summed E-state index contributed by atoms with van der Waals surface area (Å²) in [6.45, 7) is 0.307. The summed E-state index contributed by atoms with van der Waals surface area (Å²) >= 11 is 29.4. The lowest BCUT2D eigenvalue weighted by Crippen LogP contribution is -2.20. The molecule has 10 nitrogen and oxygen atoms in total. The molecule has 320 valence electrons. The molecular formula is C48H36Cl4N2O8S. The van der Waals surface area contributed by atoms with Crippen molar-refractivity contribution in [2.45, 2.75) is 22.9 Å². The predicted octanol–water partition coefficient (Wildman–Crippen LogP) is 11.9. The van der Waals surface area contributed by atoms with Gasteiger partial charge in [-0.25, -0.2) is 9.59 Å². The molecule has 15 heteroatoms. The van der Waals surface area contributed by atoms with Crippen molar-refractivity contribution in [3.8, 4) is 33.8 Å². The Bertz CT molecular complexity index is 2590. The Labute approximate surface area is 387 Å². The number of rotatable bonds is 16. The predicted molar refractivity (Wildman–Crippen MR) is 250 cm³/mol. The summed E-state index contributed by atoms with van der Waals surface area (Å²) in [5, 5.41) is 24.6. The van der Waals surface area contributed by atoms with Crippen molar-refractivity contribution in [1.82, 2.24) is 10.6 Å². The molecule has 0 atom stereocenters. The molecule has 2 amide bonds. The smallest absolute Gasteiger partial charge is 0.335 e. The zero-order valence-corrected chi connectivity index (χ0v) is 37.2. The summed E-state index contributed by atoms with van der Waals surface area (Å²) in [5.74, 6) is -1.89. The Morgan fingerprint density at radius 2 is 0.905 bits per heavy atom. The molecule has 0 aliphatic carbocycles. The fourth-order valence-corrected chi connectivity index (χ4v) is 8.51. The first-order valence-corrected chi connectivity index (χ1v) is 21.2. The minimum Gasteiger partial charge on any atom is -0.496 e. The number of para-hydroxylation sites is 2. The molecule has 6 aromatic rings. The first-order chi connectivity index (χ1) is 30.3. The number of carboxylic acids is 2. The van der Waals surface area contributed by atoms with E-state index in [9.17, 15) is 29.4 Å². The van der Waals surface area contributed by atoms with Crippen molar-refractivity contribution in [3.05, 3.63) is 175 Å². The fraction of sp³-hybridized carbons (Fsp3) is 0.0833. The second-order valence-corrected chi connectivity index (χ2v) is 16.1. The van der Waals surface area contributed by atoms with Gasteiger partial charge in [-0.05, 0) is 82.9 Å². The third-order valence-corrected chi connectivity index (χ3v) is 12.6. The van der Waals surface area contributed by atoms with E-state index in [2.05, 4.69) is 10.6 Å². The third kappa shape index (κ3) is 11.2. The van der Waals surface area contributed by atoms with Gasteiger partial charge in [0, 0.05) is 57.3 Å². The Hall–Kier alpha value is -6.21. The number of halogens is 4. The molecule has 0 spiro atoms. The molecule has 63 heavy (non-hydrogen) atoms. The minimum atomic E-state index is -1.05. The van der Waals surface area contributed by atoms with Crippen LogP contribution in [0.1, 0.15) is 43.0 Å². The Morgan fingerprint density at radius 3 is 1.25 bits per heavy atom. The number of carbonyl (C=O) groups excluding carboxylic acids is 2. The zero-order valence-electron chi connectivity index (χ0n) is 33.4. The van der Waals surface area contributed by atoms with Gasteiger partial charge in [-0.15, -0.1) is 0 Å². The number of ether oxygens (including phenoxy) is 2. The Balaban J connectivity index is 1.35. The number of hydrogen-bond donors (Lipinski definition) is 4. The molecule has 0 bridgehead atoms. The molecule has 0 saturated heterocycles. The van der Waals surface area contributed by atoms with Crippen molar-refractivity contribution < 1.29 is 38.9 Å². The van der Waals surface area contributed by atoms with Crippen LogP contribution in [0.5, 0.6) is 11.5 Å². The van der Waals surface area contributed by atoms with Gasteiger partial charge in [0.2, 0.25) is 11.8 Å². The van der Waals surface area contributed by atoms with Gasteiger partial charge < -0.3 is 30.3 Å². The van der Waals surface area contributed by atoms with E-state index in [4.69, 9.17) is 55.9 Å². The summed E-state index contributed by atoms with van der Waals surface area (Å²) in [6, 6.07) is 30.6. The van der Waals surface area contributed by atoms with Gasteiger partial charge in [-0.2, -0.15) is 0 Å². The fourth-order valence-electron chi connectivity index (χ4n) is 6.35. The molecule has 0 aliphatic rings. The van der Waals surface area contributed by atoms with E-state index in [1.807, 2.05) is 48.5 Å². The summed E-state index contributed by atoms with van der Waals surface area (Å²) in [5.41, 5.74) is 5.07. The molecule has 0 unspecified atom stereocenters. The number of carbonyl (C=O) groups is 4. The van der Waals surface area contributed by atoms with Gasteiger partial charge in [0.25, 0.3) is 0 Å². The SMILES string of the molecule is COc1ccccc1-c1cc(Sc2cc(-c3ccccc3OC)c(/C=C/C(=O)NCc3ccc(C(=O)O)cc3)c(Cl)c2Cl)c(Cl)c(Cl)c1/C=C/C(=O)NCc1ccc(C(=O)O)cc1. The van der Waals surface area contributed by atoms with Crippen LogP contribution in [-0.4, -0.2) is 48.2 Å². The van der Waals surface area contributed by atoms with Crippen LogP contribution in [0.25, 0.3) is 34.4 Å². The van der Waals surface area contributed by atoms with E-state index in [1.165, 1.54) is 48.2 Å². The van der Waals surface area contributed by atoms with Crippen molar-refractivity contribution in [1.29, 1.82) is 0 Å². The molecule has 6 rings (SSSR count). The summed E-state index contributed by atoms with van der Waals surface area (Å²) in [4.78, 5) is 49.6. The van der Waals surface area contributed by atoms with Crippen LogP contribution in [0.3, 0.4) is 0 Å². The molecule has 4 N–H and O–H groups in total. The lowest BCUT2D eigenvalue weighted by atomic mass is 9.98. The quantitative estimate of drug-likeness (QED) is 0.0695. The van der Waals surface area contributed by atoms with E-state index in [0.717, 1.165) is 0 Å². The van der Waals surface area contributed by atoms with E-state index in [0.29, 0.717) is 65.8 Å². The summed E-state index contributed by atoms with van der Waals surface area (Å²) in [7, 11) is 3.08. The number of benzene rings is 6. The van der Waals surface area contributed by atoms with E-state index >= 15 is 0 Å². The van der Waals surface area contributed by atoms with Crippen molar-refractivity contribution in [2.75, 3.05) is 14.2 Å². The molecule has 0 radical (unpaired) electrons. The molecule has 0 saturated carbocycles. The summed E-state index contributed by atoms with van der Waals surface area (Å²) in [6.07, 6.45) is 5.78. The average molecular weight is 943 g/mol. The zero-order chi connectivity index (χ0) is 45.2. The average Bonchev–Trinajstić information content (AvgIpc) is 3.29. The van der Waals surface area contributed by atoms with Gasteiger partial charge >= 0.3 is 11.9 Å². The number of hydrogen-bond acceptors (Lipinski definition) is 7. The molecule has 0 aromatic heterocycles. The Kier molecular flexibility index (Phi) is 15.6. The lowest BCUT2D eigenvalue weighted by molar-refractivity contribution is -0.117. The van der Waals surface area contributed by atoms with Gasteiger partial charge in [0.1, 0.15) is 11.5 Å². The van der Waals surface area contributed by atoms with Crippen LogP contribution < -0.4 is 20.1 Å². The maximum atomic E-state index is 13.1. The first-order valence-electron chi connectivity index (χ1n) is 18.8. The second-order valence-electron chi connectivity index (χ2n) is 13.5. The minimum absolute atomic E-state index is 0.137.